The van der Waals surface area contributed by atoms with Crippen LogP contribution in [0, 0.1) is 5.82 Å². The molecule has 2 aliphatic heterocycles. The highest BCUT2D eigenvalue weighted by Gasteiger charge is 2.28. The number of aromatic nitrogens is 4. The van der Waals surface area contributed by atoms with Gasteiger partial charge in [0.1, 0.15) is 23.1 Å². The van der Waals surface area contributed by atoms with Crippen molar-refractivity contribution >= 4 is 29.2 Å². The first-order chi connectivity index (χ1) is 19.5. The van der Waals surface area contributed by atoms with Crippen LogP contribution in [0.2, 0.25) is 0 Å². The van der Waals surface area contributed by atoms with E-state index in [9.17, 15) is 14.0 Å². The molecular weight excluding hydrogens is 513 g/mol. The monoisotopic (exact) mass is 543 g/mol. The largest absolute Gasteiger partial charge is 0.481 e. The minimum Gasteiger partial charge on any atom is -0.481 e. The van der Waals surface area contributed by atoms with Crippen LogP contribution in [0.3, 0.4) is 0 Å². The number of aliphatic carboxylic acids is 1. The van der Waals surface area contributed by atoms with Gasteiger partial charge in [0.25, 0.3) is 0 Å². The van der Waals surface area contributed by atoms with Crippen LogP contribution in [0.5, 0.6) is 0 Å². The van der Waals surface area contributed by atoms with Gasteiger partial charge in [0.15, 0.2) is 5.65 Å². The first-order valence-electron chi connectivity index (χ1n) is 13.5. The van der Waals surface area contributed by atoms with Crippen molar-refractivity contribution < 1.29 is 19.1 Å². The molecule has 1 amide bonds. The van der Waals surface area contributed by atoms with E-state index in [-0.39, 0.29) is 30.6 Å². The first-order valence-corrected chi connectivity index (χ1v) is 13.5. The number of nitrogens with zero attached hydrogens (tertiary/aromatic N) is 7. The third-order valence-electron chi connectivity index (χ3n) is 7.63. The number of pyridine rings is 1. The second-order valence-corrected chi connectivity index (χ2v) is 10.2. The Morgan fingerprint density at radius 3 is 2.58 bits per heavy atom. The van der Waals surface area contributed by atoms with Crippen molar-refractivity contribution in [2.45, 2.75) is 31.7 Å². The number of benzene rings is 1. The number of carbonyl (C=O) groups excluding carboxylic acids is 1. The number of rotatable bonds is 7. The zero-order valence-electron chi connectivity index (χ0n) is 22.0. The average Bonchev–Trinajstić information content (AvgIpc) is 3.63. The van der Waals surface area contributed by atoms with Gasteiger partial charge in [0.05, 0.1) is 24.4 Å². The summed E-state index contributed by atoms with van der Waals surface area (Å²) < 4.78 is 15.7. The SMILES string of the molecule is O=C(O)CCC(=O)N1CCN(c2cccc(-c3cnc4ccc(N5CCC[C@@H]5c5cccc(F)c5)nn34)n2)CC1. The standard InChI is InChI=1S/C29H30FN7O3/c30-21-5-1-4-20(18-21)23-7-3-13-36(23)27-10-9-25-31-19-24(37(25)33-27)22-6-2-8-26(32-22)34-14-16-35(17-15-34)28(38)11-12-29(39)40/h1-2,4-6,8-10,18-19,23H,3,7,11-17H2,(H,39,40)/t23-/m1/s1. The van der Waals surface area contributed by atoms with E-state index in [2.05, 4.69) is 14.8 Å². The molecule has 2 saturated heterocycles. The highest BCUT2D eigenvalue weighted by Crippen LogP contribution is 2.35. The van der Waals surface area contributed by atoms with Crippen LogP contribution in [0.25, 0.3) is 17.0 Å². The molecule has 4 aromatic rings. The topological polar surface area (TPSA) is 107 Å². The fraction of sp³-hybridized carbons (Fsp3) is 0.345. The summed E-state index contributed by atoms with van der Waals surface area (Å²) in [5, 5.41) is 13.8. The maximum atomic E-state index is 13.9. The van der Waals surface area contributed by atoms with E-state index < -0.39 is 5.97 Å². The summed E-state index contributed by atoms with van der Waals surface area (Å²) >= 11 is 0. The summed E-state index contributed by atoms with van der Waals surface area (Å²) in [5.41, 5.74) is 3.16. The molecule has 0 spiro atoms. The highest BCUT2D eigenvalue weighted by molar-refractivity contribution is 5.81. The Labute approximate surface area is 230 Å². The Balaban J connectivity index is 1.21. The number of carboxylic acid groups (broad SMARTS) is 1. The molecule has 1 N–H and O–H groups in total. The predicted octanol–water partition coefficient (Wildman–Crippen LogP) is 3.79. The molecule has 206 valence electrons. The number of halogens is 1. The van der Waals surface area contributed by atoms with Gasteiger partial charge in [-0.05, 0) is 54.8 Å². The fourth-order valence-corrected chi connectivity index (χ4v) is 5.59. The van der Waals surface area contributed by atoms with Crippen molar-refractivity contribution in [2.75, 3.05) is 42.5 Å². The van der Waals surface area contributed by atoms with Crippen molar-refractivity contribution in [3.05, 3.63) is 72.2 Å². The Morgan fingerprint density at radius 2 is 1.77 bits per heavy atom. The van der Waals surface area contributed by atoms with Gasteiger partial charge in [-0.1, -0.05) is 18.2 Å². The van der Waals surface area contributed by atoms with Crippen molar-refractivity contribution in [2.24, 2.45) is 0 Å². The molecule has 2 aliphatic rings. The number of imidazole rings is 1. The summed E-state index contributed by atoms with van der Waals surface area (Å²) in [6, 6.07) is 16.6. The molecule has 3 aromatic heterocycles. The zero-order chi connectivity index (χ0) is 27.6. The van der Waals surface area contributed by atoms with Gasteiger partial charge in [-0.2, -0.15) is 0 Å². The molecule has 11 heteroatoms. The predicted molar refractivity (Wildman–Crippen MR) is 148 cm³/mol. The summed E-state index contributed by atoms with van der Waals surface area (Å²) in [5.74, 6) is 0.273. The van der Waals surface area contributed by atoms with E-state index in [1.54, 1.807) is 23.2 Å². The molecule has 0 radical (unpaired) electrons. The number of fused-ring (bicyclic) bond motifs is 1. The van der Waals surface area contributed by atoms with Gasteiger partial charge in [-0.3, -0.25) is 9.59 Å². The smallest absolute Gasteiger partial charge is 0.303 e. The molecule has 0 aliphatic carbocycles. The fourth-order valence-electron chi connectivity index (χ4n) is 5.59. The molecule has 1 aromatic carbocycles. The van der Waals surface area contributed by atoms with E-state index in [1.807, 2.05) is 40.9 Å². The molecule has 0 unspecified atom stereocenters. The zero-order valence-corrected chi connectivity index (χ0v) is 22.0. The third-order valence-corrected chi connectivity index (χ3v) is 7.63. The van der Waals surface area contributed by atoms with Crippen LogP contribution < -0.4 is 9.80 Å². The quantitative estimate of drug-likeness (QED) is 0.375. The Bertz CT molecular complexity index is 1550. The van der Waals surface area contributed by atoms with Crippen molar-refractivity contribution in [3.63, 3.8) is 0 Å². The molecular formula is C29H30FN7O3. The number of piperazine rings is 1. The Hall–Kier alpha value is -4.54. The lowest BCUT2D eigenvalue weighted by molar-refractivity contribution is -0.141. The number of hydrogen-bond donors (Lipinski definition) is 1. The molecule has 0 bridgehead atoms. The number of carboxylic acids is 1. The first kappa shape index (κ1) is 25.7. The molecule has 10 nitrogen and oxygen atoms in total. The summed E-state index contributed by atoms with van der Waals surface area (Å²) in [6.45, 7) is 3.10. The van der Waals surface area contributed by atoms with Gasteiger partial charge < -0.3 is 19.8 Å². The minimum absolute atomic E-state index is 0.0206. The molecule has 40 heavy (non-hydrogen) atoms. The number of anilines is 2. The number of hydrogen-bond acceptors (Lipinski definition) is 7. The van der Waals surface area contributed by atoms with E-state index in [0.717, 1.165) is 48.0 Å². The van der Waals surface area contributed by atoms with E-state index in [1.165, 1.54) is 6.07 Å². The van der Waals surface area contributed by atoms with Gasteiger partial charge in [0.2, 0.25) is 5.91 Å². The Morgan fingerprint density at radius 1 is 0.950 bits per heavy atom. The van der Waals surface area contributed by atoms with Crippen LogP contribution in [-0.4, -0.2) is 74.2 Å². The molecule has 5 heterocycles. The second kappa shape index (κ2) is 10.9. The lowest BCUT2D eigenvalue weighted by atomic mass is 10.0. The molecule has 2 fully saturated rings. The van der Waals surface area contributed by atoms with Crippen molar-refractivity contribution in [3.8, 4) is 11.4 Å². The number of amides is 1. The highest BCUT2D eigenvalue weighted by atomic mass is 19.1. The molecule has 1 atom stereocenters. The minimum atomic E-state index is -0.964. The molecule has 0 saturated carbocycles. The lowest BCUT2D eigenvalue weighted by Gasteiger charge is -2.35. The number of carbonyl (C=O) groups is 2. The van der Waals surface area contributed by atoms with Crippen LogP contribution >= 0.6 is 0 Å². The second-order valence-electron chi connectivity index (χ2n) is 10.2. The van der Waals surface area contributed by atoms with Crippen LogP contribution in [0.4, 0.5) is 16.0 Å². The van der Waals surface area contributed by atoms with Gasteiger partial charge in [-0.15, -0.1) is 5.10 Å². The van der Waals surface area contributed by atoms with Gasteiger partial charge in [-0.25, -0.2) is 18.9 Å². The lowest BCUT2D eigenvalue weighted by Crippen LogP contribution is -2.49. The van der Waals surface area contributed by atoms with Gasteiger partial charge >= 0.3 is 5.97 Å². The third kappa shape index (κ3) is 5.18. The van der Waals surface area contributed by atoms with Gasteiger partial charge in [0, 0.05) is 39.1 Å². The van der Waals surface area contributed by atoms with E-state index in [0.29, 0.717) is 31.8 Å². The molecule has 6 rings (SSSR count). The van der Waals surface area contributed by atoms with Crippen LogP contribution in [-0.2, 0) is 9.59 Å². The Kier molecular flexibility index (Phi) is 7.02. The summed E-state index contributed by atoms with van der Waals surface area (Å²) in [6.07, 6.45) is 3.57. The average molecular weight is 544 g/mol. The maximum Gasteiger partial charge on any atom is 0.303 e. The van der Waals surface area contributed by atoms with Crippen molar-refractivity contribution in [1.29, 1.82) is 0 Å². The maximum absolute atomic E-state index is 13.9. The van der Waals surface area contributed by atoms with Crippen LogP contribution in [0.15, 0.2) is 60.8 Å². The normalized spacial score (nSPS) is 17.5. The van der Waals surface area contributed by atoms with E-state index in [4.69, 9.17) is 15.2 Å². The summed E-state index contributed by atoms with van der Waals surface area (Å²) in [7, 11) is 0. The van der Waals surface area contributed by atoms with E-state index >= 15 is 0 Å². The summed E-state index contributed by atoms with van der Waals surface area (Å²) in [4.78, 5) is 38.6. The van der Waals surface area contributed by atoms with Crippen molar-refractivity contribution in [1.82, 2.24) is 24.5 Å². The van der Waals surface area contributed by atoms with Crippen LogP contribution in [0.1, 0.15) is 37.3 Å².